The van der Waals surface area contributed by atoms with Crippen molar-refractivity contribution in [2.75, 3.05) is 23.3 Å². The first kappa shape index (κ1) is 16.9. The SMILES string of the molecule is C[C@H]1CC(=O)CC[C@@H]1C(=O)Nc1cc(F)c(N2CCCC2)c(F)c1. The first-order valence-corrected chi connectivity index (χ1v) is 8.52. The van der Waals surface area contributed by atoms with Gasteiger partial charge in [-0.05, 0) is 37.3 Å². The number of benzene rings is 1. The van der Waals surface area contributed by atoms with Gasteiger partial charge in [0.05, 0.1) is 0 Å². The van der Waals surface area contributed by atoms with Gasteiger partial charge in [-0.25, -0.2) is 8.78 Å². The number of Topliss-reactive ketones (excluding diaryl/α,β-unsaturated/α-hetero) is 1. The Bertz CT molecular complexity index is 633. The molecule has 24 heavy (non-hydrogen) atoms. The summed E-state index contributed by atoms with van der Waals surface area (Å²) in [6.07, 6.45) is 3.11. The molecule has 1 aliphatic carbocycles. The fourth-order valence-corrected chi connectivity index (χ4v) is 3.71. The van der Waals surface area contributed by atoms with Crippen LogP contribution in [-0.2, 0) is 9.59 Å². The van der Waals surface area contributed by atoms with Crippen molar-refractivity contribution in [2.24, 2.45) is 11.8 Å². The monoisotopic (exact) mass is 336 g/mol. The van der Waals surface area contributed by atoms with Crippen molar-refractivity contribution in [3.8, 4) is 0 Å². The second-order valence-corrected chi connectivity index (χ2v) is 6.84. The topological polar surface area (TPSA) is 49.4 Å². The number of ketones is 1. The van der Waals surface area contributed by atoms with E-state index in [2.05, 4.69) is 5.32 Å². The molecule has 2 fully saturated rings. The Balaban J connectivity index is 1.73. The molecule has 1 aliphatic heterocycles. The van der Waals surface area contributed by atoms with E-state index in [0.29, 0.717) is 32.4 Å². The molecule has 0 radical (unpaired) electrons. The lowest BCUT2D eigenvalue weighted by Crippen LogP contribution is -2.33. The van der Waals surface area contributed by atoms with Gasteiger partial charge in [0, 0.05) is 37.5 Å². The first-order valence-electron chi connectivity index (χ1n) is 8.52. The number of hydrogen-bond acceptors (Lipinski definition) is 3. The minimum atomic E-state index is -0.654. The fraction of sp³-hybridized carbons (Fsp3) is 0.556. The van der Waals surface area contributed by atoms with Crippen LogP contribution in [0.5, 0.6) is 0 Å². The number of rotatable bonds is 3. The molecule has 0 spiro atoms. The van der Waals surface area contributed by atoms with E-state index < -0.39 is 11.6 Å². The molecule has 1 saturated carbocycles. The number of carbonyl (C=O) groups excluding carboxylic acids is 2. The van der Waals surface area contributed by atoms with Gasteiger partial charge in [-0.15, -0.1) is 0 Å². The summed E-state index contributed by atoms with van der Waals surface area (Å²) >= 11 is 0. The summed E-state index contributed by atoms with van der Waals surface area (Å²) in [6.45, 7) is 3.15. The Hall–Kier alpha value is -1.98. The van der Waals surface area contributed by atoms with Gasteiger partial charge < -0.3 is 10.2 Å². The van der Waals surface area contributed by atoms with Gasteiger partial charge in [-0.1, -0.05) is 6.92 Å². The van der Waals surface area contributed by atoms with E-state index in [-0.39, 0.29) is 34.9 Å². The van der Waals surface area contributed by atoms with Crippen LogP contribution in [0.2, 0.25) is 0 Å². The Morgan fingerprint density at radius 3 is 2.42 bits per heavy atom. The van der Waals surface area contributed by atoms with Gasteiger partial charge in [-0.3, -0.25) is 9.59 Å². The largest absolute Gasteiger partial charge is 0.367 e. The van der Waals surface area contributed by atoms with Crippen LogP contribution in [0.25, 0.3) is 0 Å². The maximum atomic E-state index is 14.3. The van der Waals surface area contributed by atoms with Crippen molar-refractivity contribution in [3.63, 3.8) is 0 Å². The van der Waals surface area contributed by atoms with E-state index >= 15 is 0 Å². The van der Waals surface area contributed by atoms with Gasteiger partial charge in [0.15, 0.2) is 11.6 Å². The molecule has 6 heteroatoms. The van der Waals surface area contributed by atoms with Crippen molar-refractivity contribution in [2.45, 2.75) is 39.0 Å². The standard InChI is InChI=1S/C18H22F2N2O2/c1-11-8-13(23)4-5-14(11)18(24)21-12-9-15(19)17(16(20)10-12)22-6-2-3-7-22/h9-11,14H,2-8H2,1H3,(H,21,24)/t11-,14-/m0/s1. The molecule has 2 aliphatic rings. The van der Waals surface area contributed by atoms with Crippen LogP contribution in [0.4, 0.5) is 20.2 Å². The molecule has 0 unspecified atom stereocenters. The third-order valence-electron chi connectivity index (χ3n) is 5.01. The zero-order valence-corrected chi connectivity index (χ0v) is 13.8. The Kier molecular flexibility index (Phi) is 4.83. The highest BCUT2D eigenvalue weighted by Crippen LogP contribution is 2.32. The van der Waals surface area contributed by atoms with Crippen molar-refractivity contribution in [1.82, 2.24) is 0 Å². The van der Waals surface area contributed by atoms with E-state index in [1.54, 1.807) is 4.90 Å². The quantitative estimate of drug-likeness (QED) is 0.919. The second kappa shape index (κ2) is 6.87. The molecular formula is C18H22F2N2O2. The molecule has 0 aromatic heterocycles. The molecule has 1 aromatic rings. The zero-order valence-electron chi connectivity index (χ0n) is 13.8. The highest BCUT2D eigenvalue weighted by molar-refractivity contribution is 5.94. The first-order chi connectivity index (χ1) is 11.5. The molecule has 1 saturated heterocycles. The average molecular weight is 336 g/mol. The third-order valence-corrected chi connectivity index (χ3v) is 5.01. The molecule has 3 rings (SSSR count). The lowest BCUT2D eigenvalue weighted by atomic mass is 9.79. The molecule has 2 atom stereocenters. The third kappa shape index (κ3) is 3.42. The summed E-state index contributed by atoms with van der Waals surface area (Å²) in [5.74, 6) is -1.77. The lowest BCUT2D eigenvalue weighted by molar-refractivity contribution is -0.127. The van der Waals surface area contributed by atoms with Crippen molar-refractivity contribution >= 4 is 23.1 Å². The Morgan fingerprint density at radius 1 is 1.21 bits per heavy atom. The summed E-state index contributed by atoms with van der Waals surface area (Å²) in [7, 11) is 0. The molecule has 1 amide bonds. The normalized spacial score (nSPS) is 24.3. The highest BCUT2D eigenvalue weighted by Gasteiger charge is 2.31. The van der Waals surface area contributed by atoms with Gasteiger partial charge >= 0.3 is 0 Å². The number of hydrogen-bond donors (Lipinski definition) is 1. The van der Waals surface area contributed by atoms with E-state index in [4.69, 9.17) is 0 Å². The number of anilines is 2. The molecule has 0 bridgehead atoms. The average Bonchev–Trinajstić information content (AvgIpc) is 3.00. The summed E-state index contributed by atoms with van der Waals surface area (Å²) in [5.41, 5.74) is 0.115. The predicted molar refractivity (Wildman–Crippen MR) is 87.9 cm³/mol. The van der Waals surface area contributed by atoms with Crippen LogP contribution in [0, 0.1) is 23.5 Å². The van der Waals surface area contributed by atoms with Crippen LogP contribution in [0.1, 0.15) is 39.0 Å². The van der Waals surface area contributed by atoms with Crippen LogP contribution < -0.4 is 10.2 Å². The van der Waals surface area contributed by atoms with E-state index in [0.717, 1.165) is 12.8 Å². The zero-order chi connectivity index (χ0) is 17.3. The molecule has 4 nitrogen and oxygen atoms in total. The molecule has 1 heterocycles. The van der Waals surface area contributed by atoms with Crippen molar-refractivity contribution in [1.29, 1.82) is 0 Å². The Labute approximate surface area is 140 Å². The number of amides is 1. The minimum Gasteiger partial charge on any atom is -0.367 e. The lowest BCUT2D eigenvalue weighted by Gasteiger charge is -2.27. The molecule has 130 valence electrons. The Morgan fingerprint density at radius 2 is 1.83 bits per heavy atom. The number of halogens is 2. The number of nitrogens with one attached hydrogen (secondary N) is 1. The van der Waals surface area contributed by atoms with Crippen LogP contribution in [0.15, 0.2) is 12.1 Å². The van der Waals surface area contributed by atoms with E-state index in [1.165, 1.54) is 12.1 Å². The van der Waals surface area contributed by atoms with Crippen molar-refractivity contribution < 1.29 is 18.4 Å². The number of nitrogens with zero attached hydrogens (tertiary/aromatic N) is 1. The summed E-state index contributed by atoms with van der Waals surface area (Å²) < 4.78 is 28.6. The maximum absolute atomic E-state index is 14.3. The predicted octanol–water partition coefficient (Wildman–Crippen LogP) is 3.51. The van der Waals surface area contributed by atoms with Gasteiger partial charge in [0.1, 0.15) is 11.5 Å². The van der Waals surface area contributed by atoms with Crippen LogP contribution in [0.3, 0.4) is 0 Å². The van der Waals surface area contributed by atoms with Gasteiger partial charge in [0.2, 0.25) is 5.91 Å². The number of carbonyl (C=O) groups is 2. The fourth-order valence-electron chi connectivity index (χ4n) is 3.71. The molecule has 1 aromatic carbocycles. The van der Waals surface area contributed by atoms with Gasteiger partial charge in [0.25, 0.3) is 0 Å². The van der Waals surface area contributed by atoms with Gasteiger partial charge in [-0.2, -0.15) is 0 Å². The molecule has 1 N–H and O–H groups in total. The van der Waals surface area contributed by atoms with Crippen molar-refractivity contribution in [3.05, 3.63) is 23.8 Å². The van der Waals surface area contributed by atoms with Crippen LogP contribution in [-0.4, -0.2) is 24.8 Å². The van der Waals surface area contributed by atoms with Crippen LogP contribution >= 0.6 is 0 Å². The highest BCUT2D eigenvalue weighted by atomic mass is 19.1. The summed E-state index contributed by atoms with van der Waals surface area (Å²) in [6, 6.07) is 2.35. The second-order valence-electron chi connectivity index (χ2n) is 6.84. The summed E-state index contributed by atoms with van der Waals surface area (Å²) in [4.78, 5) is 25.5. The summed E-state index contributed by atoms with van der Waals surface area (Å²) in [5, 5.41) is 2.61. The minimum absolute atomic E-state index is 0.0119. The molecular weight excluding hydrogens is 314 g/mol. The smallest absolute Gasteiger partial charge is 0.227 e. The van der Waals surface area contributed by atoms with E-state index in [9.17, 15) is 18.4 Å². The van der Waals surface area contributed by atoms with E-state index in [1.807, 2.05) is 6.92 Å². The maximum Gasteiger partial charge on any atom is 0.227 e.